The molecule has 20 heavy (non-hydrogen) atoms. The van der Waals surface area contributed by atoms with Crippen molar-refractivity contribution in [3.8, 4) is 0 Å². The van der Waals surface area contributed by atoms with Crippen LogP contribution in [0.1, 0.15) is 43.5 Å². The molecule has 1 unspecified atom stereocenters. The van der Waals surface area contributed by atoms with Crippen LogP contribution < -0.4 is 5.32 Å². The third-order valence-electron chi connectivity index (χ3n) is 3.50. The first-order chi connectivity index (χ1) is 9.61. The topological polar surface area (TPSA) is 12.0 Å². The number of hydrogen-bond donors (Lipinski definition) is 1. The van der Waals surface area contributed by atoms with E-state index in [9.17, 15) is 4.39 Å². The van der Waals surface area contributed by atoms with Gasteiger partial charge in [0.25, 0.3) is 0 Å². The average Bonchev–Trinajstić information content (AvgIpc) is 2.46. The summed E-state index contributed by atoms with van der Waals surface area (Å²) in [4.78, 5) is 0. The molecule has 1 nitrogen and oxygen atoms in total. The van der Waals surface area contributed by atoms with E-state index in [2.05, 4.69) is 40.3 Å². The van der Waals surface area contributed by atoms with Gasteiger partial charge in [0.15, 0.2) is 0 Å². The fourth-order valence-corrected chi connectivity index (χ4v) is 2.63. The number of benzene rings is 2. The molecule has 0 saturated heterocycles. The lowest BCUT2D eigenvalue weighted by Gasteiger charge is -2.23. The lowest BCUT2D eigenvalue weighted by atomic mass is 10.0. The van der Waals surface area contributed by atoms with Crippen molar-refractivity contribution in [1.82, 2.24) is 5.32 Å². The Morgan fingerprint density at radius 1 is 1.10 bits per heavy atom. The summed E-state index contributed by atoms with van der Waals surface area (Å²) in [6.07, 6.45) is 0.959. The van der Waals surface area contributed by atoms with Crippen molar-refractivity contribution in [3.63, 3.8) is 0 Å². The van der Waals surface area contributed by atoms with Crippen LogP contribution in [0.4, 0.5) is 4.39 Å². The minimum Gasteiger partial charge on any atom is -0.303 e. The Kier molecular flexibility index (Phi) is 5.32. The van der Waals surface area contributed by atoms with Crippen LogP contribution >= 0.6 is 15.9 Å². The highest BCUT2D eigenvalue weighted by Crippen LogP contribution is 2.24. The molecule has 2 rings (SSSR count). The maximum atomic E-state index is 13.8. The second-order valence-electron chi connectivity index (χ2n) is 4.92. The van der Waals surface area contributed by atoms with E-state index in [0.29, 0.717) is 5.56 Å². The van der Waals surface area contributed by atoms with Gasteiger partial charge in [-0.1, -0.05) is 53.2 Å². The quantitative estimate of drug-likeness (QED) is 0.772. The van der Waals surface area contributed by atoms with E-state index < -0.39 is 0 Å². The summed E-state index contributed by atoms with van der Waals surface area (Å²) < 4.78 is 14.9. The van der Waals surface area contributed by atoms with Gasteiger partial charge in [0, 0.05) is 22.1 Å². The highest BCUT2D eigenvalue weighted by molar-refractivity contribution is 9.10. The zero-order valence-electron chi connectivity index (χ0n) is 11.7. The van der Waals surface area contributed by atoms with Crippen molar-refractivity contribution in [2.24, 2.45) is 0 Å². The molecule has 0 aliphatic heterocycles. The zero-order chi connectivity index (χ0) is 14.5. The number of rotatable bonds is 5. The lowest BCUT2D eigenvalue weighted by molar-refractivity contribution is 0.443. The average molecular weight is 336 g/mol. The van der Waals surface area contributed by atoms with E-state index in [1.165, 1.54) is 11.6 Å². The third-order valence-corrected chi connectivity index (χ3v) is 4.03. The van der Waals surface area contributed by atoms with Crippen LogP contribution in [0.25, 0.3) is 0 Å². The first-order valence-corrected chi connectivity index (χ1v) is 7.67. The Morgan fingerprint density at radius 2 is 1.75 bits per heavy atom. The summed E-state index contributed by atoms with van der Waals surface area (Å²) in [5, 5.41) is 3.50. The standard InChI is InChI=1S/C17H19BrFN/c1-3-17(13-8-10-14(18)11-9-13)20-12(2)15-6-4-5-7-16(15)19/h4-12,17,20H,3H2,1-2H3/t12-,17?/m1/s1. The van der Waals surface area contributed by atoms with Crippen LogP contribution in [0.15, 0.2) is 53.0 Å². The molecule has 2 atom stereocenters. The molecule has 0 aromatic heterocycles. The number of hydrogen-bond acceptors (Lipinski definition) is 1. The first-order valence-electron chi connectivity index (χ1n) is 6.87. The van der Waals surface area contributed by atoms with Gasteiger partial charge in [-0.25, -0.2) is 4.39 Å². The molecule has 106 valence electrons. The third kappa shape index (κ3) is 3.68. The van der Waals surface area contributed by atoms with Gasteiger partial charge in [-0.2, -0.15) is 0 Å². The first kappa shape index (κ1) is 15.2. The molecule has 0 fully saturated rings. The predicted octanol–water partition coefficient (Wildman–Crippen LogP) is 5.39. The minimum absolute atomic E-state index is 0.0233. The SMILES string of the molecule is CCC(N[C@H](C)c1ccccc1F)c1ccc(Br)cc1. The summed E-state index contributed by atoms with van der Waals surface area (Å²) >= 11 is 3.44. The van der Waals surface area contributed by atoms with Crippen LogP contribution in [0.5, 0.6) is 0 Å². The van der Waals surface area contributed by atoms with E-state index in [4.69, 9.17) is 0 Å². The fraction of sp³-hybridized carbons (Fsp3) is 0.294. The molecule has 0 radical (unpaired) electrons. The summed E-state index contributed by atoms with van der Waals surface area (Å²) in [5.41, 5.74) is 1.93. The van der Waals surface area contributed by atoms with Gasteiger partial charge in [-0.15, -0.1) is 0 Å². The van der Waals surface area contributed by atoms with Crippen molar-refractivity contribution >= 4 is 15.9 Å². The Morgan fingerprint density at radius 3 is 2.35 bits per heavy atom. The molecular formula is C17H19BrFN. The van der Waals surface area contributed by atoms with Gasteiger partial charge in [0.05, 0.1) is 0 Å². The molecule has 2 aromatic carbocycles. The van der Waals surface area contributed by atoms with Crippen molar-refractivity contribution in [2.45, 2.75) is 32.4 Å². The van der Waals surface area contributed by atoms with Crippen LogP contribution in [0.2, 0.25) is 0 Å². The van der Waals surface area contributed by atoms with E-state index in [1.807, 2.05) is 31.2 Å². The molecule has 0 aliphatic rings. The van der Waals surface area contributed by atoms with Gasteiger partial charge >= 0.3 is 0 Å². The summed E-state index contributed by atoms with van der Waals surface area (Å²) in [7, 11) is 0. The largest absolute Gasteiger partial charge is 0.303 e. The van der Waals surface area contributed by atoms with E-state index >= 15 is 0 Å². The Hall–Kier alpha value is -1.19. The predicted molar refractivity (Wildman–Crippen MR) is 85.1 cm³/mol. The van der Waals surface area contributed by atoms with Gasteiger partial charge in [0.1, 0.15) is 5.82 Å². The minimum atomic E-state index is -0.154. The normalized spacial score (nSPS) is 14.0. The van der Waals surface area contributed by atoms with Crippen molar-refractivity contribution in [1.29, 1.82) is 0 Å². The van der Waals surface area contributed by atoms with Crippen LogP contribution in [-0.4, -0.2) is 0 Å². The molecule has 2 aromatic rings. The molecule has 0 saturated carbocycles. The smallest absolute Gasteiger partial charge is 0.127 e. The van der Waals surface area contributed by atoms with Crippen LogP contribution in [-0.2, 0) is 0 Å². The summed E-state index contributed by atoms with van der Waals surface area (Å²) in [6.45, 7) is 4.13. The van der Waals surface area contributed by atoms with E-state index in [1.54, 1.807) is 6.07 Å². The van der Waals surface area contributed by atoms with Gasteiger partial charge in [-0.05, 0) is 37.1 Å². The van der Waals surface area contributed by atoms with Gasteiger partial charge in [-0.3, -0.25) is 0 Å². The number of halogens is 2. The zero-order valence-corrected chi connectivity index (χ0v) is 13.3. The van der Waals surface area contributed by atoms with Crippen LogP contribution in [0, 0.1) is 5.82 Å². The van der Waals surface area contributed by atoms with Crippen molar-refractivity contribution < 1.29 is 4.39 Å². The van der Waals surface area contributed by atoms with Gasteiger partial charge < -0.3 is 5.32 Å². The lowest BCUT2D eigenvalue weighted by Crippen LogP contribution is -2.24. The molecular weight excluding hydrogens is 317 g/mol. The second kappa shape index (κ2) is 7.00. The highest BCUT2D eigenvalue weighted by Gasteiger charge is 2.15. The Bertz CT molecular complexity index is 553. The second-order valence-corrected chi connectivity index (χ2v) is 5.84. The highest BCUT2D eigenvalue weighted by atomic mass is 79.9. The summed E-state index contributed by atoms with van der Waals surface area (Å²) in [6, 6.07) is 15.4. The molecule has 1 N–H and O–H groups in total. The molecule has 3 heteroatoms. The monoisotopic (exact) mass is 335 g/mol. The van der Waals surface area contributed by atoms with Crippen molar-refractivity contribution in [2.75, 3.05) is 0 Å². The molecule has 0 amide bonds. The van der Waals surface area contributed by atoms with Crippen LogP contribution in [0.3, 0.4) is 0 Å². The Balaban J connectivity index is 2.14. The maximum Gasteiger partial charge on any atom is 0.127 e. The van der Waals surface area contributed by atoms with Crippen molar-refractivity contribution in [3.05, 3.63) is 69.9 Å². The number of nitrogens with one attached hydrogen (secondary N) is 1. The van der Waals surface area contributed by atoms with E-state index in [-0.39, 0.29) is 17.9 Å². The molecule has 0 spiro atoms. The van der Waals surface area contributed by atoms with Gasteiger partial charge in [0.2, 0.25) is 0 Å². The maximum absolute atomic E-state index is 13.8. The molecule has 0 aliphatic carbocycles. The molecule has 0 heterocycles. The fourth-order valence-electron chi connectivity index (χ4n) is 2.36. The van der Waals surface area contributed by atoms with E-state index in [0.717, 1.165) is 10.9 Å². The molecule has 0 bridgehead atoms. The summed E-state index contributed by atoms with van der Waals surface area (Å²) in [5.74, 6) is -0.154. The Labute approximate surface area is 128 Å².